The average Bonchev–Trinajstić information content (AvgIpc) is 3.19. The number of aryl methyl sites for hydroxylation is 1. The summed E-state index contributed by atoms with van der Waals surface area (Å²) in [6.07, 6.45) is 1.85. The van der Waals surface area contributed by atoms with E-state index in [4.69, 9.17) is 15.5 Å². The van der Waals surface area contributed by atoms with Crippen LogP contribution in [0.4, 0.5) is 11.6 Å². The van der Waals surface area contributed by atoms with Gasteiger partial charge in [-0.15, -0.1) is 0 Å². The van der Waals surface area contributed by atoms with Gasteiger partial charge in [0, 0.05) is 30.5 Å². The maximum Gasteiger partial charge on any atom is 0.164 e. The number of hydrogen-bond donors (Lipinski definition) is 3. The summed E-state index contributed by atoms with van der Waals surface area (Å²) < 4.78 is 5.51. The Kier molecular flexibility index (Phi) is 4.80. The lowest BCUT2D eigenvalue weighted by molar-refractivity contribution is 0.0904. The molecule has 0 unspecified atom stereocenters. The summed E-state index contributed by atoms with van der Waals surface area (Å²) in [6, 6.07) is 16.6. The van der Waals surface area contributed by atoms with Crippen molar-refractivity contribution >= 4 is 22.4 Å². The Morgan fingerprint density at radius 1 is 1.07 bits per heavy atom. The van der Waals surface area contributed by atoms with Crippen molar-refractivity contribution in [2.24, 2.45) is 0 Å². The van der Waals surface area contributed by atoms with Crippen LogP contribution in [0.2, 0.25) is 0 Å². The van der Waals surface area contributed by atoms with Gasteiger partial charge in [0.1, 0.15) is 11.6 Å². The zero-order chi connectivity index (χ0) is 20.5. The highest BCUT2D eigenvalue weighted by atomic mass is 16.5. The Balaban J connectivity index is 1.66. The van der Waals surface area contributed by atoms with E-state index in [1.54, 1.807) is 0 Å². The zero-order valence-electron chi connectivity index (χ0n) is 16.9. The lowest BCUT2D eigenvalue weighted by Gasteiger charge is -2.25. The molecule has 0 saturated carbocycles. The number of aromatic nitrogens is 4. The molecule has 7 heteroatoms. The number of benzene rings is 2. The number of nitrogens with zero attached hydrogens (tertiary/aromatic N) is 3. The number of hydrogen-bond acceptors (Lipinski definition) is 6. The smallest absolute Gasteiger partial charge is 0.164 e. The lowest BCUT2D eigenvalue weighted by atomic mass is 10.0. The van der Waals surface area contributed by atoms with Crippen LogP contribution >= 0.6 is 0 Å². The molecule has 1 aliphatic heterocycles. The summed E-state index contributed by atoms with van der Waals surface area (Å²) in [7, 11) is 0. The van der Waals surface area contributed by atoms with Crippen molar-refractivity contribution in [3.63, 3.8) is 0 Å². The molecule has 0 radical (unpaired) electrons. The number of nitrogen functional groups attached to an aromatic ring is 1. The highest BCUT2D eigenvalue weighted by Crippen LogP contribution is 2.35. The molecule has 1 saturated heterocycles. The SMILES string of the molecule is Cc1cc(-c2c(N)nc(-c3cccc4ccccc34)nc2NC2CCOCC2)n[nH]1. The summed E-state index contributed by atoms with van der Waals surface area (Å²) in [5.74, 6) is 1.73. The van der Waals surface area contributed by atoms with E-state index in [1.807, 2.05) is 37.3 Å². The minimum Gasteiger partial charge on any atom is -0.383 e. The first-order valence-electron chi connectivity index (χ1n) is 10.2. The number of nitrogens with two attached hydrogens (primary N) is 1. The van der Waals surface area contributed by atoms with E-state index in [-0.39, 0.29) is 6.04 Å². The predicted octanol–water partition coefficient (Wildman–Crippen LogP) is 4.17. The third kappa shape index (κ3) is 3.48. The van der Waals surface area contributed by atoms with E-state index in [0.29, 0.717) is 17.5 Å². The van der Waals surface area contributed by atoms with Gasteiger partial charge in [-0.3, -0.25) is 5.10 Å². The number of fused-ring (bicyclic) bond motifs is 1. The molecule has 0 bridgehead atoms. The molecule has 7 nitrogen and oxygen atoms in total. The minimum atomic E-state index is 0.271. The molecule has 0 spiro atoms. The number of anilines is 2. The largest absolute Gasteiger partial charge is 0.383 e. The van der Waals surface area contributed by atoms with Gasteiger partial charge in [0.05, 0.1) is 11.3 Å². The van der Waals surface area contributed by atoms with Crippen LogP contribution in [0.15, 0.2) is 48.5 Å². The van der Waals surface area contributed by atoms with Crippen molar-refractivity contribution in [1.29, 1.82) is 0 Å². The molecule has 5 rings (SSSR count). The monoisotopic (exact) mass is 400 g/mol. The first-order chi connectivity index (χ1) is 14.7. The van der Waals surface area contributed by atoms with Gasteiger partial charge < -0.3 is 15.8 Å². The summed E-state index contributed by atoms with van der Waals surface area (Å²) in [4.78, 5) is 9.62. The Bertz CT molecular complexity index is 1190. The lowest BCUT2D eigenvalue weighted by Crippen LogP contribution is -2.28. The first-order valence-corrected chi connectivity index (χ1v) is 10.2. The number of nitrogens with one attached hydrogen (secondary N) is 2. The fourth-order valence-electron chi connectivity index (χ4n) is 3.96. The quantitative estimate of drug-likeness (QED) is 0.475. The van der Waals surface area contributed by atoms with Gasteiger partial charge in [0.15, 0.2) is 5.82 Å². The summed E-state index contributed by atoms with van der Waals surface area (Å²) in [5.41, 5.74) is 9.87. The van der Waals surface area contributed by atoms with Crippen molar-refractivity contribution in [1.82, 2.24) is 20.2 Å². The second-order valence-electron chi connectivity index (χ2n) is 7.65. The maximum atomic E-state index is 6.48. The second-order valence-corrected chi connectivity index (χ2v) is 7.65. The maximum absolute atomic E-state index is 6.48. The second kappa shape index (κ2) is 7.76. The molecular formula is C23H24N6O. The van der Waals surface area contributed by atoms with Gasteiger partial charge >= 0.3 is 0 Å². The minimum absolute atomic E-state index is 0.271. The molecule has 0 atom stereocenters. The van der Waals surface area contributed by atoms with Gasteiger partial charge in [-0.2, -0.15) is 5.10 Å². The van der Waals surface area contributed by atoms with Crippen LogP contribution < -0.4 is 11.1 Å². The Morgan fingerprint density at radius 2 is 1.87 bits per heavy atom. The molecule has 4 N–H and O–H groups in total. The van der Waals surface area contributed by atoms with Crippen LogP contribution in [-0.4, -0.2) is 39.4 Å². The van der Waals surface area contributed by atoms with Crippen LogP contribution in [0, 0.1) is 6.92 Å². The van der Waals surface area contributed by atoms with E-state index in [2.05, 4.69) is 38.7 Å². The number of rotatable bonds is 4. The van der Waals surface area contributed by atoms with Crippen molar-refractivity contribution in [3.8, 4) is 22.6 Å². The third-order valence-electron chi connectivity index (χ3n) is 5.49. The number of aromatic amines is 1. The van der Waals surface area contributed by atoms with Crippen molar-refractivity contribution < 1.29 is 4.74 Å². The van der Waals surface area contributed by atoms with Gasteiger partial charge in [-0.05, 0) is 36.6 Å². The molecular weight excluding hydrogens is 376 g/mol. The molecule has 30 heavy (non-hydrogen) atoms. The molecule has 152 valence electrons. The van der Waals surface area contributed by atoms with Crippen molar-refractivity contribution in [2.45, 2.75) is 25.8 Å². The molecule has 1 aliphatic rings. The van der Waals surface area contributed by atoms with Gasteiger partial charge in [0.25, 0.3) is 0 Å². The highest BCUT2D eigenvalue weighted by Gasteiger charge is 2.22. The van der Waals surface area contributed by atoms with E-state index in [0.717, 1.165) is 59.3 Å². The van der Waals surface area contributed by atoms with Crippen molar-refractivity contribution in [2.75, 3.05) is 24.3 Å². The molecule has 4 aromatic rings. The standard InChI is InChI=1S/C23H24N6O/c1-14-13-19(29-28-14)20-21(24)26-22(27-23(20)25-16-9-11-30-12-10-16)18-8-4-6-15-5-2-3-7-17(15)18/h2-8,13,16H,9-12H2,1H3,(H,28,29)(H3,24,25,26,27). The third-order valence-corrected chi connectivity index (χ3v) is 5.49. The van der Waals surface area contributed by atoms with Crippen LogP contribution in [0.3, 0.4) is 0 Å². The fraction of sp³-hybridized carbons (Fsp3) is 0.261. The van der Waals surface area contributed by atoms with E-state index >= 15 is 0 Å². The van der Waals surface area contributed by atoms with Crippen LogP contribution in [-0.2, 0) is 4.74 Å². The van der Waals surface area contributed by atoms with Crippen molar-refractivity contribution in [3.05, 3.63) is 54.2 Å². The zero-order valence-corrected chi connectivity index (χ0v) is 16.9. The average molecular weight is 400 g/mol. The predicted molar refractivity (Wildman–Crippen MR) is 119 cm³/mol. The molecule has 2 aromatic carbocycles. The molecule has 2 aromatic heterocycles. The number of H-pyrrole nitrogens is 1. The van der Waals surface area contributed by atoms with Crippen LogP contribution in [0.5, 0.6) is 0 Å². The molecule has 1 fully saturated rings. The van der Waals surface area contributed by atoms with Crippen LogP contribution in [0.25, 0.3) is 33.4 Å². The van der Waals surface area contributed by atoms with E-state index in [9.17, 15) is 0 Å². The Labute approximate surface area is 174 Å². The first kappa shape index (κ1) is 18.6. The normalized spacial score (nSPS) is 14.8. The topological polar surface area (TPSA) is 102 Å². The summed E-state index contributed by atoms with van der Waals surface area (Å²) in [6.45, 7) is 3.44. The van der Waals surface area contributed by atoms with Gasteiger partial charge in [-0.25, -0.2) is 9.97 Å². The summed E-state index contributed by atoms with van der Waals surface area (Å²) >= 11 is 0. The summed E-state index contributed by atoms with van der Waals surface area (Å²) in [5, 5.41) is 13.2. The van der Waals surface area contributed by atoms with Crippen LogP contribution in [0.1, 0.15) is 18.5 Å². The highest BCUT2D eigenvalue weighted by molar-refractivity contribution is 5.96. The molecule has 3 heterocycles. The Morgan fingerprint density at radius 3 is 2.67 bits per heavy atom. The number of ether oxygens (including phenoxy) is 1. The molecule has 0 aliphatic carbocycles. The van der Waals surface area contributed by atoms with E-state index < -0.39 is 0 Å². The Hall–Kier alpha value is -3.45. The van der Waals surface area contributed by atoms with E-state index in [1.165, 1.54) is 0 Å². The van der Waals surface area contributed by atoms with Gasteiger partial charge in [0.2, 0.25) is 0 Å². The molecule has 0 amide bonds. The fourth-order valence-corrected chi connectivity index (χ4v) is 3.96. The van der Waals surface area contributed by atoms with Gasteiger partial charge in [-0.1, -0.05) is 42.5 Å².